The molecular weight excluding hydrogens is 238 g/mol. The summed E-state index contributed by atoms with van der Waals surface area (Å²) in [5.74, 6) is 0.0277. The molecule has 2 rings (SSSR count). The average Bonchev–Trinajstić information content (AvgIpc) is 2.48. The molecule has 1 heterocycles. The van der Waals surface area contributed by atoms with Crippen LogP contribution in [0.3, 0.4) is 0 Å². The molecule has 0 spiro atoms. The number of nitrogens with zero attached hydrogens (tertiary/aromatic N) is 1. The van der Waals surface area contributed by atoms with Crippen LogP contribution in [-0.2, 0) is 0 Å². The van der Waals surface area contributed by atoms with E-state index < -0.39 is 0 Å². The van der Waals surface area contributed by atoms with Crippen molar-refractivity contribution in [1.29, 1.82) is 0 Å². The Morgan fingerprint density at radius 1 is 1.32 bits per heavy atom. The van der Waals surface area contributed by atoms with Crippen LogP contribution in [0.15, 0.2) is 24.3 Å². The van der Waals surface area contributed by atoms with E-state index in [9.17, 15) is 4.79 Å². The maximum atomic E-state index is 12.3. The molecule has 1 saturated heterocycles. The van der Waals surface area contributed by atoms with E-state index in [0.717, 1.165) is 43.7 Å². The van der Waals surface area contributed by atoms with Gasteiger partial charge >= 0.3 is 0 Å². The summed E-state index contributed by atoms with van der Waals surface area (Å²) in [6, 6.07) is 7.93. The van der Waals surface area contributed by atoms with Gasteiger partial charge in [0.2, 0.25) is 0 Å². The van der Waals surface area contributed by atoms with Gasteiger partial charge in [-0.1, -0.05) is 19.1 Å². The van der Waals surface area contributed by atoms with Gasteiger partial charge in [0, 0.05) is 31.9 Å². The summed E-state index contributed by atoms with van der Waals surface area (Å²) in [7, 11) is 1.84. The second-order valence-electron chi connectivity index (χ2n) is 4.98. The van der Waals surface area contributed by atoms with Crippen LogP contribution in [-0.4, -0.2) is 43.5 Å². The van der Waals surface area contributed by atoms with Gasteiger partial charge in [-0.2, -0.15) is 0 Å². The Bertz CT molecular complexity index is 425. The van der Waals surface area contributed by atoms with E-state index in [1.807, 2.05) is 31.3 Å². The molecule has 0 bridgehead atoms. The monoisotopic (exact) mass is 261 g/mol. The first kappa shape index (κ1) is 13.9. The average molecular weight is 261 g/mol. The molecule has 104 valence electrons. The third kappa shape index (κ3) is 3.47. The minimum Gasteiger partial charge on any atom is -0.387 e. The molecule has 1 aromatic carbocycles. The number of carbonyl (C=O) groups is 1. The number of carbonyl (C=O) groups excluding carboxylic acids is 1. The lowest BCUT2D eigenvalue weighted by Crippen LogP contribution is -2.44. The standard InChI is InChI=1S/C15H23N3O/c1-3-18-10-8-12(9-11-18)17-15(19)13-6-4-5-7-14(13)16-2/h4-7,12,16H,3,8-11H2,1-2H3,(H,17,19). The lowest BCUT2D eigenvalue weighted by atomic mass is 10.0. The predicted octanol–water partition coefficient (Wildman–Crippen LogP) is 1.94. The fourth-order valence-corrected chi connectivity index (χ4v) is 2.56. The molecule has 0 atom stereocenters. The normalized spacial score (nSPS) is 17.2. The summed E-state index contributed by atoms with van der Waals surface area (Å²) in [5.41, 5.74) is 1.61. The van der Waals surface area contributed by atoms with Gasteiger partial charge in [-0.15, -0.1) is 0 Å². The maximum Gasteiger partial charge on any atom is 0.253 e. The molecule has 1 fully saturated rings. The number of nitrogens with one attached hydrogen (secondary N) is 2. The molecule has 0 saturated carbocycles. The molecule has 0 unspecified atom stereocenters. The van der Waals surface area contributed by atoms with Crippen molar-refractivity contribution in [3.63, 3.8) is 0 Å². The van der Waals surface area contributed by atoms with Gasteiger partial charge in [-0.05, 0) is 31.5 Å². The van der Waals surface area contributed by atoms with Gasteiger partial charge in [-0.25, -0.2) is 0 Å². The number of piperidine rings is 1. The second-order valence-corrected chi connectivity index (χ2v) is 4.98. The third-order valence-electron chi connectivity index (χ3n) is 3.81. The van der Waals surface area contributed by atoms with Crippen LogP contribution >= 0.6 is 0 Å². The summed E-state index contributed by atoms with van der Waals surface area (Å²) in [6.07, 6.45) is 2.09. The Morgan fingerprint density at radius 3 is 2.63 bits per heavy atom. The minimum absolute atomic E-state index is 0.0277. The number of likely N-dealkylation sites (tertiary alicyclic amines) is 1. The fraction of sp³-hybridized carbons (Fsp3) is 0.533. The molecule has 4 nitrogen and oxygen atoms in total. The maximum absolute atomic E-state index is 12.3. The highest BCUT2D eigenvalue weighted by molar-refractivity contribution is 5.99. The molecule has 4 heteroatoms. The smallest absolute Gasteiger partial charge is 0.253 e. The van der Waals surface area contributed by atoms with E-state index in [1.165, 1.54) is 0 Å². The topological polar surface area (TPSA) is 44.4 Å². The fourth-order valence-electron chi connectivity index (χ4n) is 2.56. The summed E-state index contributed by atoms with van der Waals surface area (Å²) in [6.45, 7) is 5.44. The Morgan fingerprint density at radius 2 is 2.00 bits per heavy atom. The Balaban J connectivity index is 1.94. The second kappa shape index (κ2) is 6.57. The first-order chi connectivity index (χ1) is 9.24. The minimum atomic E-state index is 0.0277. The van der Waals surface area contributed by atoms with Gasteiger partial charge < -0.3 is 15.5 Å². The van der Waals surface area contributed by atoms with E-state index in [-0.39, 0.29) is 5.91 Å². The van der Waals surface area contributed by atoms with Gasteiger partial charge in [0.25, 0.3) is 5.91 Å². The molecule has 1 amide bonds. The number of hydrogen-bond donors (Lipinski definition) is 2. The lowest BCUT2D eigenvalue weighted by molar-refractivity contribution is 0.0913. The first-order valence-corrected chi connectivity index (χ1v) is 7.04. The molecule has 1 aliphatic heterocycles. The van der Waals surface area contributed by atoms with E-state index in [1.54, 1.807) is 0 Å². The lowest BCUT2D eigenvalue weighted by Gasteiger charge is -2.31. The Labute approximate surface area is 115 Å². The number of amides is 1. The van der Waals surface area contributed by atoms with Crippen molar-refractivity contribution < 1.29 is 4.79 Å². The summed E-state index contributed by atoms with van der Waals surface area (Å²) < 4.78 is 0. The SMILES string of the molecule is CCN1CCC(NC(=O)c2ccccc2NC)CC1. The van der Waals surface area contributed by atoms with Crippen LogP contribution in [0.2, 0.25) is 0 Å². The van der Waals surface area contributed by atoms with Crippen molar-refractivity contribution in [3.05, 3.63) is 29.8 Å². The van der Waals surface area contributed by atoms with E-state index in [2.05, 4.69) is 22.5 Å². The molecule has 19 heavy (non-hydrogen) atoms. The van der Waals surface area contributed by atoms with Crippen molar-refractivity contribution in [1.82, 2.24) is 10.2 Å². The van der Waals surface area contributed by atoms with Crippen molar-refractivity contribution in [3.8, 4) is 0 Å². The summed E-state index contributed by atoms with van der Waals surface area (Å²) in [5, 5.41) is 6.21. The summed E-state index contributed by atoms with van der Waals surface area (Å²) >= 11 is 0. The van der Waals surface area contributed by atoms with Gasteiger partial charge in [0.15, 0.2) is 0 Å². The van der Waals surface area contributed by atoms with Crippen molar-refractivity contribution in [2.45, 2.75) is 25.8 Å². The van der Waals surface area contributed by atoms with Crippen LogP contribution in [0.25, 0.3) is 0 Å². The summed E-state index contributed by atoms with van der Waals surface area (Å²) in [4.78, 5) is 14.7. The van der Waals surface area contributed by atoms with Crippen LogP contribution in [0.4, 0.5) is 5.69 Å². The van der Waals surface area contributed by atoms with Crippen molar-refractivity contribution in [2.24, 2.45) is 0 Å². The Kier molecular flexibility index (Phi) is 4.80. The molecule has 0 aliphatic carbocycles. The van der Waals surface area contributed by atoms with Crippen LogP contribution in [0.1, 0.15) is 30.1 Å². The molecule has 1 aliphatic rings. The molecule has 0 aromatic heterocycles. The largest absolute Gasteiger partial charge is 0.387 e. The van der Waals surface area contributed by atoms with Gasteiger partial charge in [0.05, 0.1) is 5.56 Å². The van der Waals surface area contributed by atoms with Crippen LogP contribution in [0, 0.1) is 0 Å². The van der Waals surface area contributed by atoms with Gasteiger partial charge in [-0.3, -0.25) is 4.79 Å². The molecule has 1 aromatic rings. The zero-order valence-corrected chi connectivity index (χ0v) is 11.8. The van der Waals surface area contributed by atoms with Crippen LogP contribution in [0.5, 0.6) is 0 Å². The number of hydrogen-bond acceptors (Lipinski definition) is 3. The highest BCUT2D eigenvalue weighted by atomic mass is 16.1. The number of benzene rings is 1. The van der Waals surface area contributed by atoms with Crippen LogP contribution < -0.4 is 10.6 Å². The molecule has 2 N–H and O–H groups in total. The van der Waals surface area contributed by atoms with Crippen molar-refractivity contribution >= 4 is 11.6 Å². The van der Waals surface area contributed by atoms with Gasteiger partial charge in [0.1, 0.15) is 0 Å². The van der Waals surface area contributed by atoms with E-state index in [4.69, 9.17) is 0 Å². The predicted molar refractivity (Wildman–Crippen MR) is 78.6 cm³/mol. The highest BCUT2D eigenvalue weighted by Gasteiger charge is 2.20. The highest BCUT2D eigenvalue weighted by Crippen LogP contribution is 2.16. The van der Waals surface area contributed by atoms with E-state index in [0.29, 0.717) is 6.04 Å². The Hall–Kier alpha value is -1.55. The van der Waals surface area contributed by atoms with Crippen molar-refractivity contribution in [2.75, 3.05) is 32.0 Å². The molecular formula is C15H23N3O. The quantitative estimate of drug-likeness (QED) is 0.870. The zero-order chi connectivity index (χ0) is 13.7. The molecule has 0 radical (unpaired) electrons. The first-order valence-electron chi connectivity index (χ1n) is 7.04. The van der Waals surface area contributed by atoms with E-state index >= 15 is 0 Å². The third-order valence-corrected chi connectivity index (χ3v) is 3.81. The zero-order valence-electron chi connectivity index (χ0n) is 11.8. The number of para-hydroxylation sites is 1. The number of rotatable bonds is 4. The number of anilines is 1.